The molecule has 0 bridgehead atoms. The minimum atomic E-state index is 0.605. The Morgan fingerprint density at radius 1 is 0.686 bits per heavy atom. The molecule has 0 fully saturated rings. The molecule has 0 aliphatic heterocycles. The molecular formula is C32H15NO2. The van der Waals surface area contributed by atoms with Crippen molar-refractivity contribution < 1.29 is 9.47 Å². The predicted molar refractivity (Wildman–Crippen MR) is 138 cm³/mol. The Hall–Kier alpha value is -6.06. The third-order valence-electron chi connectivity index (χ3n) is 3.25. The van der Waals surface area contributed by atoms with Gasteiger partial charge in [0.25, 0.3) is 0 Å². The first-order valence-corrected chi connectivity index (χ1v) is 9.82. The van der Waals surface area contributed by atoms with Crippen molar-refractivity contribution in [2.24, 2.45) is 0 Å². The number of methoxy groups -OCH3 is 1. The summed E-state index contributed by atoms with van der Waals surface area (Å²) in [6.45, 7) is 3.53. The van der Waals surface area contributed by atoms with Crippen molar-refractivity contribution in [3.05, 3.63) is 23.8 Å². The molecule has 1 rings (SSSR count). The fraction of sp³-hybridized carbons (Fsp3) is 0.125. The summed E-state index contributed by atoms with van der Waals surface area (Å²) < 4.78 is 10.7. The average Bonchev–Trinajstić information content (AvgIpc) is 2.88. The molecule has 0 radical (unpaired) electrons. The summed E-state index contributed by atoms with van der Waals surface area (Å²) in [4.78, 5) is 0. The van der Waals surface area contributed by atoms with E-state index in [4.69, 9.17) is 15.9 Å². The first kappa shape index (κ1) is 27.0. The van der Waals surface area contributed by atoms with E-state index < -0.39 is 0 Å². The minimum Gasteiger partial charge on any atom is -0.497 e. The van der Waals surface area contributed by atoms with Gasteiger partial charge >= 0.3 is 0 Å². The van der Waals surface area contributed by atoms with Gasteiger partial charge in [-0.25, -0.2) is 0 Å². The molecule has 35 heavy (non-hydrogen) atoms. The normalized spacial score (nSPS) is 6.31. The van der Waals surface area contributed by atoms with Crippen LogP contribution in [0, 0.1) is 131 Å². The van der Waals surface area contributed by atoms with Crippen molar-refractivity contribution >= 4 is 0 Å². The maximum atomic E-state index is 5.49. The van der Waals surface area contributed by atoms with E-state index >= 15 is 0 Å². The third-order valence-corrected chi connectivity index (χ3v) is 3.25. The van der Waals surface area contributed by atoms with Gasteiger partial charge in [-0.05, 0) is 60.0 Å². The van der Waals surface area contributed by atoms with Gasteiger partial charge in [-0.15, -0.1) is 6.42 Å². The van der Waals surface area contributed by atoms with E-state index in [1.54, 1.807) is 13.2 Å². The van der Waals surface area contributed by atoms with E-state index in [1.165, 1.54) is 0 Å². The molecule has 0 atom stereocenters. The molecule has 0 aliphatic rings. The van der Waals surface area contributed by atoms with Crippen molar-refractivity contribution in [3.63, 3.8) is 0 Å². The monoisotopic (exact) mass is 445 g/mol. The lowest BCUT2D eigenvalue weighted by Gasteiger charge is -2.09. The van der Waals surface area contributed by atoms with Crippen LogP contribution in [0.5, 0.6) is 11.5 Å². The molecule has 0 heterocycles. The van der Waals surface area contributed by atoms with E-state index in [1.807, 2.05) is 19.1 Å². The largest absolute Gasteiger partial charge is 0.497 e. The number of nitrogens with one attached hydrogen (secondary N) is 1. The molecule has 1 aromatic carbocycles. The van der Waals surface area contributed by atoms with Crippen molar-refractivity contribution in [2.75, 3.05) is 13.7 Å². The zero-order valence-electron chi connectivity index (χ0n) is 19.0. The Balaban J connectivity index is 2.55. The van der Waals surface area contributed by atoms with Crippen LogP contribution in [-0.2, 0) is 6.54 Å². The van der Waals surface area contributed by atoms with Crippen LogP contribution in [-0.4, -0.2) is 13.7 Å². The van der Waals surface area contributed by atoms with E-state index in [9.17, 15) is 0 Å². The van der Waals surface area contributed by atoms with Gasteiger partial charge in [0.15, 0.2) is 0 Å². The molecule has 160 valence electrons. The Bertz CT molecular complexity index is 1600. The number of ether oxygens (including phenoxy) is 2. The van der Waals surface area contributed by atoms with Gasteiger partial charge in [-0.3, -0.25) is 0 Å². The second-order valence-electron chi connectivity index (χ2n) is 5.48. The molecule has 3 nitrogen and oxygen atoms in total. The lowest BCUT2D eigenvalue weighted by molar-refractivity contribution is 0.410. The first-order valence-electron chi connectivity index (χ1n) is 9.82. The molecule has 1 aromatic rings. The van der Waals surface area contributed by atoms with Crippen molar-refractivity contribution in [3.8, 4) is 142 Å². The van der Waals surface area contributed by atoms with Crippen molar-refractivity contribution in [2.45, 2.75) is 13.5 Å². The maximum absolute atomic E-state index is 5.49. The number of terminal acetylenes is 1. The Kier molecular flexibility index (Phi) is 15.3. The van der Waals surface area contributed by atoms with Crippen LogP contribution in [0.2, 0.25) is 0 Å². The van der Waals surface area contributed by atoms with Crippen LogP contribution in [0.1, 0.15) is 12.5 Å². The smallest absolute Gasteiger partial charge is 0.148 e. The summed E-state index contributed by atoms with van der Waals surface area (Å²) in [7, 11) is 1.59. The van der Waals surface area contributed by atoms with Crippen LogP contribution in [0.3, 0.4) is 0 Å². The molecule has 1 N–H and O–H groups in total. The fourth-order valence-corrected chi connectivity index (χ4v) is 1.84. The summed E-state index contributed by atoms with van der Waals surface area (Å²) in [5.41, 5.74) is 0.963. The van der Waals surface area contributed by atoms with Gasteiger partial charge in [0.2, 0.25) is 0 Å². The second kappa shape index (κ2) is 19.9. The zero-order valence-corrected chi connectivity index (χ0v) is 19.0. The molecule has 0 unspecified atom stereocenters. The van der Waals surface area contributed by atoms with Gasteiger partial charge in [-0.1, -0.05) is 13.0 Å². The quantitative estimate of drug-likeness (QED) is 0.702. The van der Waals surface area contributed by atoms with Gasteiger partial charge in [0.05, 0.1) is 7.11 Å². The molecule has 0 saturated carbocycles. The highest BCUT2D eigenvalue weighted by Crippen LogP contribution is 2.24. The minimum absolute atomic E-state index is 0.605. The topological polar surface area (TPSA) is 30.5 Å². The van der Waals surface area contributed by atoms with Crippen molar-refractivity contribution in [1.82, 2.24) is 5.32 Å². The highest BCUT2D eigenvalue weighted by atomic mass is 16.5. The van der Waals surface area contributed by atoms with E-state index in [0.29, 0.717) is 18.0 Å². The third kappa shape index (κ3) is 14.6. The van der Waals surface area contributed by atoms with Crippen molar-refractivity contribution in [1.29, 1.82) is 0 Å². The highest BCUT2D eigenvalue weighted by Gasteiger charge is 2.05. The number of benzene rings is 1. The first-order chi connectivity index (χ1) is 17.3. The summed E-state index contributed by atoms with van der Waals surface area (Å²) in [5.74, 6) is 50.9. The summed E-state index contributed by atoms with van der Waals surface area (Å²) in [6.07, 6.45) is 7.48. The van der Waals surface area contributed by atoms with Gasteiger partial charge in [0.1, 0.15) is 17.6 Å². The Morgan fingerprint density at radius 2 is 1.14 bits per heavy atom. The van der Waals surface area contributed by atoms with Gasteiger partial charge in [0, 0.05) is 89.2 Å². The Labute approximate surface area is 208 Å². The number of rotatable bonds is 5. The van der Waals surface area contributed by atoms with Gasteiger partial charge < -0.3 is 14.8 Å². The summed E-state index contributed by atoms with van der Waals surface area (Å²) >= 11 is 0. The average molecular weight is 445 g/mol. The molecule has 0 saturated heterocycles. The molecule has 3 heteroatoms. The molecular weight excluding hydrogens is 430 g/mol. The summed E-state index contributed by atoms with van der Waals surface area (Å²) in [6, 6.07) is 5.56. The lowest BCUT2D eigenvalue weighted by Crippen LogP contribution is -2.12. The number of hydrogen-bond donors (Lipinski definition) is 1. The van der Waals surface area contributed by atoms with E-state index in [2.05, 4.69) is 130 Å². The van der Waals surface area contributed by atoms with E-state index in [0.717, 1.165) is 12.1 Å². The Morgan fingerprint density at radius 3 is 1.57 bits per heavy atom. The van der Waals surface area contributed by atoms with Crippen LogP contribution < -0.4 is 14.8 Å². The van der Waals surface area contributed by atoms with E-state index in [-0.39, 0.29) is 0 Å². The zero-order chi connectivity index (χ0) is 25.2. The predicted octanol–water partition coefficient (Wildman–Crippen LogP) is 1.81. The maximum Gasteiger partial charge on any atom is 0.148 e. The van der Waals surface area contributed by atoms with Crippen LogP contribution in [0.4, 0.5) is 0 Å². The van der Waals surface area contributed by atoms with Crippen LogP contribution in [0.25, 0.3) is 0 Å². The highest BCUT2D eigenvalue weighted by molar-refractivity contribution is 5.47. The second-order valence-corrected chi connectivity index (χ2v) is 5.48. The standard InChI is InChI=1S/C32H15NO2/c1-4-6-7-8-9-10-11-12-13-14-15-16-17-18-19-20-21-22-23-24-27-35-32-28-31(34-3)26-25-30(32)29-33-5-2/h1,25-26,28,33H,5,29H2,2-3H3. The lowest BCUT2D eigenvalue weighted by atomic mass is 10.2. The molecule has 0 amide bonds. The summed E-state index contributed by atoms with van der Waals surface area (Å²) in [5, 5.41) is 3.24. The fourth-order valence-electron chi connectivity index (χ4n) is 1.84. The molecule has 0 spiro atoms. The number of hydrogen-bond acceptors (Lipinski definition) is 3. The SMILES string of the molecule is C#CC#CC#CC#CC#CC#CC#CC#CC#CC#CC#COc1cc(OC)ccc1CNCC. The molecule has 0 aromatic heterocycles. The van der Waals surface area contributed by atoms with Crippen LogP contribution >= 0.6 is 0 Å². The molecule has 0 aliphatic carbocycles. The van der Waals surface area contributed by atoms with Crippen LogP contribution in [0.15, 0.2) is 18.2 Å². The van der Waals surface area contributed by atoms with Gasteiger partial charge in [-0.2, -0.15) is 0 Å².